The second kappa shape index (κ2) is 5.61. The lowest BCUT2D eigenvalue weighted by Crippen LogP contribution is -2.55. The molecule has 94 valence electrons. The minimum Gasteiger partial charge on any atom is -0.373 e. The van der Waals surface area contributed by atoms with Crippen LogP contribution in [0.2, 0.25) is 0 Å². The van der Waals surface area contributed by atoms with Gasteiger partial charge in [0.25, 0.3) is 0 Å². The molecule has 0 bridgehead atoms. The molecule has 1 aliphatic heterocycles. The molecule has 1 rings (SSSR count). The van der Waals surface area contributed by atoms with Gasteiger partial charge in [-0.2, -0.15) is 0 Å². The number of hydrogen-bond donors (Lipinski definition) is 2. The zero-order chi connectivity index (χ0) is 12.2. The van der Waals surface area contributed by atoms with E-state index in [-0.39, 0.29) is 17.6 Å². The molecule has 0 aromatic carbocycles. The van der Waals surface area contributed by atoms with Gasteiger partial charge in [0.15, 0.2) is 0 Å². The fraction of sp³-hybridized carbons (Fsp3) is 0.909. The summed E-state index contributed by atoms with van der Waals surface area (Å²) in [5, 5.41) is 3.10. The highest BCUT2D eigenvalue weighted by atomic mass is 16.5. The molecule has 0 aromatic rings. The van der Waals surface area contributed by atoms with Gasteiger partial charge in [0.05, 0.1) is 18.2 Å². The summed E-state index contributed by atoms with van der Waals surface area (Å²) in [6, 6.07) is -0.265. The van der Waals surface area contributed by atoms with Gasteiger partial charge in [-0.3, -0.25) is 9.69 Å². The lowest BCUT2D eigenvalue weighted by atomic mass is 10.1. The molecule has 1 amide bonds. The van der Waals surface area contributed by atoms with Crippen LogP contribution in [0.25, 0.3) is 0 Å². The van der Waals surface area contributed by atoms with E-state index in [0.717, 1.165) is 19.6 Å². The van der Waals surface area contributed by atoms with E-state index >= 15 is 0 Å². The van der Waals surface area contributed by atoms with Crippen molar-refractivity contribution in [2.75, 3.05) is 32.8 Å². The molecular formula is C11H23N3O2. The summed E-state index contributed by atoms with van der Waals surface area (Å²) in [6.45, 7) is 9.92. The Hall–Kier alpha value is -0.650. The molecule has 1 fully saturated rings. The van der Waals surface area contributed by atoms with Crippen LogP contribution in [0, 0.1) is 0 Å². The van der Waals surface area contributed by atoms with Gasteiger partial charge in [0.1, 0.15) is 0 Å². The predicted octanol–water partition coefficient (Wildman–Crippen LogP) is -0.439. The normalized spacial score (nSPS) is 22.9. The summed E-state index contributed by atoms with van der Waals surface area (Å²) in [5.74, 6) is -0.286. The first-order valence-corrected chi connectivity index (χ1v) is 5.83. The fourth-order valence-electron chi connectivity index (χ4n) is 2.03. The van der Waals surface area contributed by atoms with Gasteiger partial charge < -0.3 is 15.8 Å². The van der Waals surface area contributed by atoms with E-state index in [1.807, 2.05) is 6.92 Å². The number of nitrogens with one attached hydrogen (secondary N) is 1. The number of hydrogen-bond acceptors (Lipinski definition) is 4. The van der Waals surface area contributed by atoms with E-state index in [4.69, 9.17) is 10.5 Å². The molecule has 5 nitrogen and oxygen atoms in total. The number of nitrogens with two attached hydrogens (primary N) is 1. The minimum absolute atomic E-state index is 0.132. The molecule has 0 saturated carbocycles. The highest BCUT2D eigenvalue weighted by Crippen LogP contribution is 2.16. The van der Waals surface area contributed by atoms with Gasteiger partial charge in [-0.15, -0.1) is 0 Å². The van der Waals surface area contributed by atoms with Crippen molar-refractivity contribution in [2.24, 2.45) is 5.73 Å². The van der Waals surface area contributed by atoms with E-state index in [9.17, 15) is 4.79 Å². The molecule has 1 heterocycles. The Bertz CT molecular complexity index is 243. The predicted molar refractivity (Wildman–Crippen MR) is 63.1 cm³/mol. The molecule has 1 aliphatic rings. The third-order valence-corrected chi connectivity index (χ3v) is 2.74. The maximum absolute atomic E-state index is 11.2. The van der Waals surface area contributed by atoms with Crippen molar-refractivity contribution in [2.45, 2.75) is 32.4 Å². The van der Waals surface area contributed by atoms with Crippen LogP contribution < -0.4 is 11.1 Å². The van der Waals surface area contributed by atoms with Crippen LogP contribution in [0.4, 0.5) is 0 Å². The highest BCUT2D eigenvalue weighted by molar-refractivity contribution is 5.80. The Kier molecular flexibility index (Phi) is 4.70. The van der Waals surface area contributed by atoms with Gasteiger partial charge in [-0.1, -0.05) is 6.92 Å². The van der Waals surface area contributed by atoms with Crippen LogP contribution in [-0.2, 0) is 9.53 Å². The number of carbonyl (C=O) groups excluding carboxylic acids is 1. The number of likely N-dealkylation sites (N-methyl/N-ethyl adjacent to an activating group) is 1. The van der Waals surface area contributed by atoms with Crippen LogP contribution in [0.15, 0.2) is 0 Å². The van der Waals surface area contributed by atoms with Gasteiger partial charge in [0, 0.05) is 19.6 Å². The molecule has 1 unspecified atom stereocenters. The van der Waals surface area contributed by atoms with Crippen molar-refractivity contribution in [3.05, 3.63) is 0 Å². The number of carbonyl (C=O) groups is 1. The molecule has 16 heavy (non-hydrogen) atoms. The molecule has 0 aromatic heterocycles. The number of morpholine rings is 1. The average molecular weight is 229 g/mol. The summed E-state index contributed by atoms with van der Waals surface area (Å²) in [6.07, 6.45) is 0. The third kappa shape index (κ3) is 4.08. The van der Waals surface area contributed by atoms with Gasteiger partial charge in [0.2, 0.25) is 5.91 Å². The summed E-state index contributed by atoms with van der Waals surface area (Å²) < 4.78 is 5.62. The van der Waals surface area contributed by atoms with E-state index in [2.05, 4.69) is 24.1 Å². The lowest BCUT2D eigenvalue weighted by Gasteiger charge is -2.39. The van der Waals surface area contributed by atoms with Crippen molar-refractivity contribution < 1.29 is 9.53 Å². The maximum Gasteiger partial charge on any atom is 0.235 e. The standard InChI is InChI=1S/C11H23N3O2/c1-4-13-9(10(12)15)7-14-5-6-16-11(2,3)8-14/h9,13H,4-8H2,1-3H3,(H2,12,15). The molecule has 0 aliphatic carbocycles. The topological polar surface area (TPSA) is 67.6 Å². The fourth-order valence-corrected chi connectivity index (χ4v) is 2.03. The zero-order valence-electron chi connectivity index (χ0n) is 10.5. The van der Waals surface area contributed by atoms with E-state index in [0.29, 0.717) is 13.2 Å². The molecular weight excluding hydrogens is 206 g/mol. The van der Waals surface area contributed by atoms with Gasteiger partial charge >= 0.3 is 0 Å². The number of ether oxygens (including phenoxy) is 1. The summed E-state index contributed by atoms with van der Waals surface area (Å²) in [5.41, 5.74) is 5.22. The van der Waals surface area contributed by atoms with Crippen molar-refractivity contribution in [3.8, 4) is 0 Å². The molecule has 0 spiro atoms. The largest absolute Gasteiger partial charge is 0.373 e. The monoisotopic (exact) mass is 229 g/mol. The minimum atomic E-state index is -0.286. The number of primary amides is 1. The maximum atomic E-state index is 11.2. The smallest absolute Gasteiger partial charge is 0.235 e. The Balaban J connectivity index is 2.48. The molecule has 1 saturated heterocycles. The van der Waals surface area contributed by atoms with Gasteiger partial charge in [-0.25, -0.2) is 0 Å². The first-order valence-electron chi connectivity index (χ1n) is 5.83. The third-order valence-electron chi connectivity index (χ3n) is 2.74. The van der Waals surface area contributed by atoms with Gasteiger partial charge in [-0.05, 0) is 20.4 Å². The van der Waals surface area contributed by atoms with Crippen molar-refractivity contribution in [1.29, 1.82) is 0 Å². The first-order chi connectivity index (χ1) is 7.44. The van der Waals surface area contributed by atoms with Crippen LogP contribution in [0.3, 0.4) is 0 Å². The second-order valence-corrected chi connectivity index (χ2v) is 4.86. The van der Waals surface area contributed by atoms with E-state index in [1.54, 1.807) is 0 Å². The summed E-state index contributed by atoms with van der Waals surface area (Å²) in [7, 11) is 0. The molecule has 5 heteroatoms. The Morgan fingerprint density at radius 1 is 1.62 bits per heavy atom. The molecule has 0 radical (unpaired) electrons. The second-order valence-electron chi connectivity index (χ2n) is 4.86. The Morgan fingerprint density at radius 2 is 2.31 bits per heavy atom. The molecule has 1 atom stereocenters. The van der Waals surface area contributed by atoms with E-state index < -0.39 is 0 Å². The van der Waals surface area contributed by atoms with Crippen LogP contribution in [-0.4, -0.2) is 55.2 Å². The molecule has 3 N–H and O–H groups in total. The highest BCUT2D eigenvalue weighted by Gasteiger charge is 2.29. The van der Waals surface area contributed by atoms with Crippen molar-refractivity contribution in [1.82, 2.24) is 10.2 Å². The van der Waals surface area contributed by atoms with E-state index in [1.165, 1.54) is 0 Å². The van der Waals surface area contributed by atoms with Crippen molar-refractivity contribution in [3.63, 3.8) is 0 Å². The number of nitrogens with zero attached hydrogens (tertiary/aromatic N) is 1. The van der Waals surface area contributed by atoms with Crippen molar-refractivity contribution >= 4 is 5.91 Å². The zero-order valence-corrected chi connectivity index (χ0v) is 10.5. The van der Waals surface area contributed by atoms with Crippen LogP contribution in [0.1, 0.15) is 20.8 Å². The number of amides is 1. The first kappa shape index (κ1) is 13.4. The summed E-state index contributed by atoms with van der Waals surface area (Å²) in [4.78, 5) is 13.5. The SMILES string of the molecule is CCNC(CN1CCOC(C)(C)C1)C(N)=O. The number of rotatable bonds is 5. The quantitative estimate of drug-likeness (QED) is 0.671. The Morgan fingerprint density at radius 3 is 2.81 bits per heavy atom. The lowest BCUT2D eigenvalue weighted by molar-refractivity contribution is -0.122. The van der Waals surface area contributed by atoms with Crippen LogP contribution >= 0.6 is 0 Å². The average Bonchev–Trinajstić information content (AvgIpc) is 2.15. The Labute approximate surface area is 97.3 Å². The van der Waals surface area contributed by atoms with Crippen LogP contribution in [0.5, 0.6) is 0 Å². The summed E-state index contributed by atoms with van der Waals surface area (Å²) >= 11 is 0.